The molecule has 0 heterocycles. The molecule has 0 saturated heterocycles. The average molecular weight is 261 g/mol. The Morgan fingerprint density at radius 2 is 1.20 bits per heavy atom. The molecule has 0 saturated carbocycles. The molecule has 0 aromatic heterocycles. The molecule has 0 radical (unpaired) electrons. The lowest BCUT2D eigenvalue weighted by molar-refractivity contribution is -0.166. The van der Waals surface area contributed by atoms with Gasteiger partial charge in [-0.25, -0.2) is 0 Å². The maximum atomic E-state index is 10.9. The van der Waals surface area contributed by atoms with E-state index in [-0.39, 0.29) is 37.7 Å². The number of carbonyl (C=O) groups is 2. The minimum Gasteiger partial charge on any atom is -0.480 e. The fourth-order valence-corrected chi connectivity index (χ4v) is 1.50. The number of carboxylic acid groups (broad SMARTS) is 2. The summed E-state index contributed by atoms with van der Waals surface area (Å²) >= 11 is 0. The van der Waals surface area contributed by atoms with Crippen LogP contribution in [0.25, 0.3) is 0 Å². The Hall–Kier alpha value is -0.480. The van der Waals surface area contributed by atoms with Crippen LogP contribution in [-0.2, 0) is 9.59 Å². The van der Waals surface area contributed by atoms with E-state index in [1.54, 1.807) is 13.8 Å². The van der Waals surface area contributed by atoms with Gasteiger partial charge in [-0.05, 0) is 12.8 Å². The molecule has 92 valence electrons. The van der Waals surface area contributed by atoms with Crippen LogP contribution in [-0.4, -0.2) is 22.2 Å². The summed E-state index contributed by atoms with van der Waals surface area (Å²) in [6.45, 7) is 3.58. The molecule has 4 nitrogen and oxygen atoms in total. The quantitative estimate of drug-likeness (QED) is 0.720. The van der Waals surface area contributed by atoms with Crippen LogP contribution in [0.4, 0.5) is 0 Å². The number of hydrogen-bond acceptors (Lipinski definition) is 2. The SMILES string of the molecule is CCCC(CCC)(C(=O)O)C(=O)O.Cl.Cl. The highest BCUT2D eigenvalue weighted by molar-refractivity contribution is 5.98. The summed E-state index contributed by atoms with van der Waals surface area (Å²) in [4.78, 5) is 21.7. The van der Waals surface area contributed by atoms with E-state index >= 15 is 0 Å². The van der Waals surface area contributed by atoms with E-state index in [1.807, 2.05) is 0 Å². The number of rotatable bonds is 6. The standard InChI is InChI=1S/C9H16O4.2ClH/c1-3-5-9(6-4-2,7(10)11)8(12)13;;/h3-6H2,1-2H3,(H,10,11)(H,12,13);2*1H. The molecule has 0 bridgehead atoms. The van der Waals surface area contributed by atoms with Crippen molar-refractivity contribution in [3.05, 3.63) is 0 Å². The molecule has 0 aliphatic carbocycles. The minimum atomic E-state index is -1.57. The molecular weight excluding hydrogens is 243 g/mol. The van der Waals surface area contributed by atoms with Crippen molar-refractivity contribution in [1.29, 1.82) is 0 Å². The molecule has 0 fully saturated rings. The second-order valence-corrected chi connectivity index (χ2v) is 3.19. The molecule has 2 N–H and O–H groups in total. The molecule has 0 amide bonds. The monoisotopic (exact) mass is 260 g/mol. The first kappa shape index (κ1) is 20.0. The van der Waals surface area contributed by atoms with Gasteiger partial charge < -0.3 is 10.2 Å². The zero-order valence-electron chi connectivity index (χ0n) is 8.86. The van der Waals surface area contributed by atoms with Crippen molar-refractivity contribution in [2.75, 3.05) is 0 Å². The van der Waals surface area contributed by atoms with Crippen molar-refractivity contribution in [1.82, 2.24) is 0 Å². The van der Waals surface area contributed by atoms with E-state index in [0.29, 0.717) is 12.8 Å². The molecule has 0 atom stereocenters. The van der Waals surface area contributed by atoms with Gasteiger partial charge in [-0.2, -0.15) is 0 Å². The van der Waals surface area contributed by atoms with E-state index in [2.05, 4.69) is 0 Å². The molecule has 0 unspecified atom stereocenters. The fourth-order valence-electron chi connectivity index (χ4n) is 1.50. The van der Waals surface area contributed by atoms with Gasteiger partial charge in [-0.3, -0.25) is 9.59 Å². The highest BCUT2D eigenvalue weighted by atomic mass is 35.5. The van der Waals surface area contributed by atoms with Crippen LogP contribution < -0.4 is 0 Å². The number of carboxylic acids is 2. The van der Waals surface area contributed by atoms with Gasteiger partial charge in [-0.1, -0.05) is 26.7 Å². The van der Waals surface area contributed by atoms with Crippen LogP contribution >= 0.6 is 24.8 Å². The first-order valence-electron chi connectivity index (χ1n) is 4.48. The first-order chi connectivity index (χ1) is 6.01. The number of halogens is 2. The second kappa shape index (κ2) is 8.80. The summed E-state index contributed by atoms with van der Waals surface area (Å²) in [5.41, 5.74) is -1.57. The molecule has 0 rings (SSSR count). The van der Waals surface area contributed by atoms with Crippen molar-refractivity contribution < 1.29 is 19.8 Å². The van der Waals surface area contributed by atoms with E-state index in [1.165, 1.54) is 0 Å². The van der Waals surface area contributed by atoms with Gasteiger partial charge in [0, 0.05) is 0 Å². The summed E-state index contributed by atoms with van der Waals surface area (Å²) in [6, 6.07) is 0. The predicted octanol–water partition coefficient (Wildman–Crippen LogP) is 2.59. The summed E-state index contributed by atoms with van der Waals surface area (Å²) in [7, 11) is 0. The van der Waals surface area contributed by atoms with Crippen molar-refractivity contribution >= 4 is 36.8 Å². The van der Waals surface area contributed by atoms with Gasteiger partial charge in [0.1, 0.15) is 0 Å². The van der Waals surface area contributed by atoms with Gasteiger partial charge in [0.2, 0.25) is 0 Å². The number of aliphatic carboxylic acids is 2. The molecule has 0 aromatic carbocycles. The van der Waals surface area contributed by atoms with Gasteiger partial charge in [-0.15, -0.1) is 24.8 Å². The molecular formula is C9H18Cl2O4. The average Bonchev–Trinajstić information content (AvgIpc) is 2.03. The van der Waals surface area contributed by atoms with Crippen molar-refractivity contribution in [3.63, 3.8) is 0 Å². The lowest BCUT2D eigenvalue weighted by atomic mass is 9.79. The topological polar surface area (TPSA) is 74.6 Å². The highest BCUT2D eigenvalue weighted by Gasteiger charge is 2.44. The maximum absolute atomic E-state index is 10.9. The Morgan fingerprint density at radius 1 is 0.933 bits per heavy atom. The maximum Gasteiger partial charge on any atom is 0.321 e. The van der Waals surface area contributed by atoms with Crippen molar-refractivity contribution in [2.45, 2.75) is 39.5 Å². The third-order valence-corrected chi connectivity index (χ3v) is 2.17. The zero-order valence-corrected chi connectivity index (χ0v) is 10.5. The van der Waals surface area contributed by atoms with Gasteiger partial charge >= 0.3 is 11.9 Å². The Morgan fingerprint density at radius 3 is 1.33 bits per heavy atom. The molecule has 0 spiro atoms. The predicted molar refractivity (Wildman–Crippen MR) is 62.0 cm³/mol. The van der Waals surface area contributed by atoms with Crippen molar-refractivity contribution in [2.24, 2.45) is 5.41 Å². The van der Waals surface area contributed by atoms with E-state index in [9.17, 15) is 9.59 Å². The summed E-state index contributed by atoms with van der Waals surface area (Å²) in [5.74, 6) is -2.44. The van der Waals surface area contributed by atoms with Crippen LogP contribution in [0.3, 0.4) is 0 Å². The smallest absolute Gasteiger partial charge is 0.321 e. The van der Waals surface area contributed by atoms with Gasteiger partial charge in [0.15, 0.2) is 5.41 Å². The minimum absolute atomic E-state index is 0. The summed E-state index contributed by atoms with van der Waals surface area (Å²) < 4.78 is 0. The third-order valence-electron chi connectivity index (χ3n) is 2.17. The van der Waals surface area contributed by atoms with Crippen LogP contribution in [0.5, 0.6) is 0 Å². The summed E-state index contributed by atoms with van der Waals surface area (Å²) in [5, 5.41) is 17.8. The summed E-state index contributed by atoms with van der Waals surface area (Å²) in [6.07, 6.45) is 1.54. The Labute approximate surface area is 102 Å². The van der Waals surface area contributed by atoms with Crippen LogP contribution in [0, 0.1) is 5.41 Å². The Balaban J connectivity index is -0.000000720. The fraction of sp³-hybridized carbons (Fsp3) is 0.778. The van der Waals surface area contributed by atoms with Crippen LogP contribution in [0.2, 0.25) is 0 Å². The molecule has 15 heavy (non-hydrogen) atoms. The van der Waals surface area contributed by atoms with Crippen molar-refractivity contribution in [3.8, 4) is 0 Å². The molecule has 0 aromatic rings. The lowest BCUT2D eigenvalue weighted by Crippen LogP contribution is -2.39. The Bertz CT molecular complexity index is 184. The largest absolute Gasteiger partial charge is 0.480 e. The first-order valence-corrected chi connectivity index (χ1v) is 4.48. The Kier molecular flexibility index (Phi) is 11.7. The van der Waals surface area contributed by atoms with Crippen LogP contribution in [0.1, 0.15) is 39.5 Å². The van der Waals surface area contributed by atoms with E-state index in [4.69, 9.17) is 10.2 Å². The molecule has 0 aliphatic rings. The normalized spacial score (nSPS) is 9.73. The van der Waals surface area contributed by atoms with Gasteiger partial charge in [0.05, 0.1) is 0 Å². The van der Waals surface area contributed by atoms with E-state index in [0.717, 1.165) is 0 Å². The number of hydrogen-bond donors (Lipinski definition) is 2. The van der Waals surface area contributed by atoms with Gasteiger partial charge in [0.25, 0.3) is 0 Å². The molecule has 6 heteroatoms. The third kappa shape index (κ3) is 4.71. The zero-order chi connectivity index (χ0) is 10.5. The molecule has 0 aliphatic heterocycles. The van der Waals surface area contributed by atoms with E-state index < -0.39 is 17.4 Å². The highest BCUT2D eigenvalue weighted by Crippen LogP contribution is 2.30. The second-order valence-electron chi connectivity index (χ2n) is 3.19. The lowest BCUT2D eigenvalue weighted by Gasteiger charge is -2.23. The van der Waals surface area contributed by atoms with Crippen LogP contribution in [0.15, 0.2) is 0 Å².